The first-order valence-corrected chi connectivity index (χ1v) is 6.05. The molecule has 3 rings (SSSR count). The van der Waals surface area contributed by atoms with Gasteiger partial charge in [0.15, 0.2) is 0 Å². The van der Waals surface area contributed by atoms with Crippen molar-refractivity contribution in [1.82, 2.24) is 15.3 Å². The van der Waals surface area contributed by atoms with Gasteiger partial charge in [-0.3, -0.25) is 4.79 Å². The van der Waals surface area contributed by atoms with E-state index in [0.717, 1.165) is 6.42 Å². The number of carbonyl (C=O) groups excluding carboxylic acids is 1. The second kappa shape index (κ2) is 3.98. The van der Waals surface area contributed by atoms with E-state index in [0.29, 0.717) is 11.6 Å². The fraction of sp³-hybridized carbons (Fsp3) is 0.286. The maximum atomic E-state index is 12.0. The van der Waals surface area contributed by atoms with Crippen molar-refractivity contribution in [3.63, 3.8) is 0 Å². The zero-order valence-electron chi connectivity index (χ0n) is 10.2. The number of amides is 1. The molecule has 0 radical (unpaired) electrons. The van der Waals surface area contributed by atoms with Gasteiger partial charge < -0.3 is 10.3 Å². The molecule has 2 N–H and O–H groups in total. The van der Waals surface area contributed by atoms with Crippen LogP contribution in [-0.4, -0.2) is 21.4 Å². The highest BCUT2D eigenvalue weighted by Gasteiger charge is 2.51. The minimum Gasteiger partial charge on any atom is -0.345 e. The molecule has 1 aliphatic carbocycles. The Morgan fingerprint density at radius 3 is 2.89 bits per heavy atom. The average Bonchev–Trinajstić information content (AvgIpc) is 2.82. The predicted molar refractivity (Wildman–Crippen MR) is 68.3 cm³/mol. The van der Waals surface area contributed by atoms with Crippen LogP contribution in [0.3, 0.4) is 0 Å². The smallest absolute Gasteiger partial charge is 0.269 e. The third kappa shape index (κ3) is 1.90. The summed E-state index contributed by atoms with van der Waals surface area (Å²) in [5, 5.41) is 3.07. The van der Waals surface area contributed by atoms with E-state index < -0.39 is 0 Å². The highest BCUT2D eigenvalue weighted by molar-refractivity contribution is 5.93. The zero-order valence-corrected chi connectivity index (χ0v) is 10.2. The van der Waals surface area contributed by atoms with Gasteiger partial charge in [-0.2, -0.15) is 0 Å². The Morgan fingerprint density at radius 1 is 1.44 bits per heavy atom. The van der Waals surface area contributed by atoms with E-state index in [9.17, 15) is 4.79 Å². The molecule has 1 amide bonds. The van der Waals surface area contributed by atoms with E-state index in [1.807, 2.05) is 18.2 Å². The van der Waals surface area contributed by atoms with Crippen molar-refractivity contribution in [2.45, 2.75) is 24.8 Å². The Balaban J connectivity index is 1.70. The summed E-state index contributed by atoms with van der Waals surface area (Å²) in [6.07, 6.45) is 4.04. The number of hydrogen-bond donors (Lipinski definition) is 2. The Labute approximate surface area is 105 Å². The minimum absolute atomic E-state index is 0.0894. The minimum atomic E-state index is -0.135. The van der Waals surface area contributed by atoms with Gasteiger partial charge in [-0.25, -0.2) is 4.98 Å². The number of nitrogens with zero attached hydrogens (tertiary/aromatic N) is 1. The van der Waals surface area contributed by atoms with Gasteiger partial charge in [0.1, 0.15) is 5.69 Å². The number of carbonyl (C=O) groups is 1. The van der Waals surface area contributed by atoms with Crippen LogP contribution >= 0.6 is 0 Å². The normalized spacial score (nSPS) is 25.7. The molecule has 2 atom stereocenters. The molecular formula is C14H15N3O. The van der Waals surface area contributed by atoms with Gasteiger partial charge in [0.25, 0.3) is 5.91 Å². The van der Waals surface area contributed by atoms with Gasteiger partial charge in [-0.05, 0) is 18.9 Å². The molecule has 1 saturated carbocycles. The first-order chi connectivity index (χ1) is 8.69. The maximum Gasteiger partial charge on any atom is 0.269 e. The first-order valence-electron chi connectivity index (χ1n) is 6.05. The molecule has 1 aromatic carbocycles. The molecular weight excluding hydrogens is 226 g/mol. The molecule has 0 saturated heterocycles. The lowest BCUT2D eigenvalue weighted by Gasteiger charge is -2.13. The van der Waals surface area contributed by atoms with Gasteiger partial charge in [0, 0.05) is 11.5 Å². The summed E-state index contributed by atoms with van der Waals surface area (Å²) < 4.78 is 0. The number of benzene rings is 1. The summed E-state index contributed by atoms with van der Waals surface area (Å²) >= 11 is 0. The average molecular weight is 241 g/mol. The van der Waals surface area contributed by atoms with E-state index in [1.54, 1.807) is 6.20 Å². The molecule has 4 nitrogen and oxygen atoms in total. The molecule has 1 heterocycles. The van der Waals surface area contributed by atoms with Crippen LogP contribution < -0.4 is 5.32 Å². The SMILES string of the molecule is C[C@]1(NC(=O)c2cnc[nH]2)C[C@@H]1c1ccccc1. The summed E-state index contributed by atoms with van der Waals surface area (Å²) in [5.41, 5.74) is 1.66. The Hall–Kier alpha value is -2.10. The van der Waals surface area contributed by atoms with Crippen LogP contribution in [0.2, 0.25) is 0 Å². The second-order valence-electron chi connectivity index (χ2n) is 5.00. The zero-order chi connectivity index (χ0) is 12.6. The number of nitrogens with one attached hydrogen (secondary N) is 2. The third-order valence-electron chi connectivity index (χ3n) is 3.58. The molecule has 0 bridgehead atoms. The molecule has 18 heavy (non-hydrogen) atoms. The van der Waals surface area contributed by atoms with Crippen molar-refractivity contribution < 1.29 is 4.79 Å². The van der Waals surface area contributed by atoms with Crippen LogP contribution in [0.4, 0.5) is 0 Å². The maximum absolute atomic E-state index is 12.0. The number of hydrogen-bond acceptors (Lipinski definition) is 2. The lowest BCUT2D eigenvalue weighted by Crippen LogP contribution is -2.35. The number of rotatable bonds is 3. The van der Waals surface area contributed by atoms with Crippen molar-refractivity contribution in [3.05, 3.63) is 54.1 Å². The number of aromatic amines is 1. The summed E-state index contributed by atoms with van der Waals surface area (Å²) in [6, 6.07) is 10.3. The molecule has 0 spiro atoms. The van der Waals surface area contributed by atoms with E-state index in [4.69, 9.17) is 0 Å². The van der Waals surface area contributed by atoms with Gasteiger partial charge in [-0.15, -0.1) is 0 Å². The van der Waals surface area contributed by atoms with Crippen LogP contribution in [0.1, 0.15) is 35.3 Å². The summed E-state index contributed by atoms with van der Waals surface area (Å²) in [7, 11) is 0. The van der Waals surface area contributed by atoms with E-state index in [1.165, 1.54) is 11.9 Å². The highest BCUT2D eigenvalue weighted by Crippen LogP contribution is 2.51. The van der Waals surface area contributed by atoms with Gasteiger partial charge >= 0.3 is 0 Å². The van der Waals surface area contributed by atoms with Gasteiger partial charge in [0.2, 0.25) is 0 Å². The monoisotopic (exact) mass is 241 g/mol. The van der Waals surface area contributed by atoms with E-state index in [2.05, 4.69) is 34.3 Å². The van der Waals surface area contributed by atoms with Gasteiger partial charge in [-0.1, -0.05) is 30.3 Å². The summed E-state index contributed by atoms with van der Waals surface area (Å²) in [5.74, 6) is 0.319. The molecule has 2 aromatic rings. The molecule has 4 heteroatoms. The third-order valence-corrected chi connectivity index (χ3v) is 3.58. The van der Waals surface area contributed by atoms with Crippen LogP contribution in [0.15, 0.2) is 42.9 Å². The number of imidazole rings is 1. The van der Waals surface area contributed by atoms with Crippen LogP contribution in [0.25, 0.3) is 0 Å². The van der Waals surface area contributed by atoms with Crippen molar-refractivity contribution in [2.24, 2.45) is 0 Å². The first kappa shape index (κ1) is 11.0. The van der Waals surface area contributed by atoms with Crippen LogP contribution in [0.5, 0.6) is 0 Å². The number of aromatic nitrogens is 2. The quantitative estimate of drug-likeness (QED) is 0.864. The standard InChI is InChI=1S/C14H15N3O/c1-14(17-13(18)12-8-15-9-16-12)7-11(14)10-5-3-2-4-6-10/h2-6,8-9,11H,7H2,1H3,(H,15,16)(H,17,18)/t11-,14+/m1/s1. The van der Waals surface area contributed by atoms with Gasteiger partial charge in [0.05, 0.1) is 12.5 Å². The highest BCUT2D eigenvalue weighted by atomic mass is 16.2. The molecule has 1 aromatic heterocycles. The van der Waals surface area contributed by atoms with E-state index in [-0.39, 0.29) is 11.4 Å². The molecule has 0 unspecified atom stereocenters. The van der Waals surface area contributed by atoms with Crippen LogP contribution in [0, 0.1) is 0 Å². The second-order valence-corrected chi connectivity index (χ2v) is 5.00. The fourth-order valence-electron chi connectivity index (χ4n) is 2.38. The van der Waals surface area contributed by atoms with Crippen LogP contribution in [-0.2, 0) is 0 Å². The van der Waals surface area contributed by atoms with E-state index >= 15 is 0 Å². The lowest BCUT2D eigenvalue weighted by atomic mass is 10.1. The lowest BCUT2D eigenvalue weighted by molar-refractivity contribution is 0.0929. The van der Waals surface area contributed by atoms with Crippen molar-refractivity contribution in [3.8, 4) is 0 Å². The summed E-state index contributed by atoms with van der Waals surface area (Å²) in [4.78, 5) is 18.6. The van der Waals surface area contributed by atoms with Crippen molar-refractivity contribution >= 4 is 5.91 Å². The largest absolute Gasteiger partial charge is 0.345 e. The molecule has 0 aliphatic heterocycles. The van der Waals surface area contributed by atoms with Crippen molar-refractivity contribution in [2.75, 3.05) is 0 Å². The molecule has 92 valence electrons. The topological polar surface area (TPSA) is 57.8 Å². The molecule has 1 aliphatic rings. The Bertz CT molecular complexity index is 550. The Morgan fingerprint density at radius 2 is 2.22 bits per heavy atom. The predicted octanol–water partition coefficient (Wildman–Crippen LogP) is 2.09. The number of H-pyrrole nitrogens is 1. The summed E-state index contributed by atoms with van der Waals surface area (Å²) in [6.45, 7) is 2.08. The van der Waals surface area contributed by atoms with Crippen molar-refractivity contribution in [1.29, 1.82) is 0 Å². The Kier molecular flexibility index (Phi) is 2.44. The molecule has 1 fully saturated rings. The fourth-order valence-corrected chi connectivity index (χ4v) is 2.38.